The van der Waals surface area contributed by atoms with E-state index in [4.69, 9.17) is 5.84 Å². The van der Waals surface area contributed by atoms with E-state index >= 15 is 0 Å². The lowest BCUT2D eigenvalue weighted by molar-refractivity contribution is 0.215. The summed E-state index contributed by atoms with van der Waals surface area (Å²) in [6.45, 7) is 4.48. The molecule has 1 aromatic rings. The molecule has 2 nitrogen and oxygen atoms in total. The molecule has 0 spiro atoms. The Kier molecular flexibility index (Phi) is 5.41. The Bertz CT molecular complexity index is 381. The second kappa shape index (κ2) is 7.06. The van der Waals surface area contributed by atoms with Crippen molar-refractivity contribution in [1.29, 1.82) is 0 Å². The molecule has 19 heavy (non-hydrogen) atoms. The maximum absolute atomic E-state index is 5.85. The summed E-state index contributed by atoms with van der Waals surface area (Å²) in [5, 5.41) is 0. The first-order chi connectivity index (χ1) is 9.26. The second-order valence-corrected chi connectivity index (χ2v) is 6.07. The number of hydrazine groups is 1. The molecule has 1 saturated carbocycles. The molecule has 0 radical (unpaired) electrons. The summed E-state index contributed by atoms with van der Waals surface area (Å²) in [4.78, 5) is 0. The summed E-state index contributed by atoms with van der Waals surface area (Å²) < 4.78 is 0. The zero-order chi connectivity index (χ0) is 13.7. The first-order valence-electron chi connectivity index (χ1n) is 7.78. The molecule has 106 valence electrons. The van der Waals surface area contributed by atoms with E-state index in [9.17, 15) is 0 Å². The third-order valence-corrected chi connectivity index (χ3v) is 4.76. The van der Waals surface area contributed by atoms with E-state index in [-0.39, 0.29) is 0 Å². The van der Waals surface area contributed by atoms with Gasteiger partial charge in [0, 0.05) is 6.04 Å². The molecule has 0 amide bonds. The van der Waals surface area contributed by atoms with Gasteiger partial charge in [-0.2, -0.15) is 0 Å². The van der Waals surface area contributed by atoms with Crippen LogP contribution in [0.1, 0.15) is 62.6 Å². The summed E-state index contributed by atoms with van der Waals surface area (Å²) in [5.41, 5.74) is 5.80. The van der Waals surface area contributed by atoms with Crippen molar-refractivity contribution in [2.45, 2.75) is 58.4 Å². The SMILES string of the molecule is CCCC1CCC(C(NN)c2ccccc2C)CC1. The number of hydrogen-bond donors (Lipinski definition) is 2. The number of aryl methyl sites for hydroxylation is 1. The molecule has 0 aliphatic heterocycles. The van der Waals surface area contributed by atoms with Crippen molar-refractivity contribution in [2.75, 3.05) is 0 Å². The van der Waals surface area contributed by atoms with Crippen LogP contribution in [0.2, 0.25) is 0 Å². The minimum atomic E-state index is 0.323. The van der Waals surface area contributed by atoms with Gasteiger partial charge in [0.25, 0.3) is 0 Å². The summed E-state index contributed by atoms with van der Waals surface area (Å²) >= 11 is 0. The minimum Gasteiger partial charge on any atom is -0.271 e. The molecule has 1 aliphatic rings. The van der Waals surface area contributed by atoms with Crippen LogP contribution >= 0.6 is 0 Å². The lowest BCUT2D eigenvalue weighted by atomic mass is 9.75. The monoisotopic (exact) mass is 260 g/mol. The van der Waals surface area contributed by atoms with Gasteiger partial charge < -0.3 is 0 Å². The van der Waals surface area contributed by atoms with E-state index in [0.29, 0.717) is 12.0 Å². The fourth-order valence-electron chi connectivity index (χ4n) is 3.63. The molecule has 0 saturated heterocycles. The second-order valence-electron chi connectivity index (χ2n) is 6.07. The fourth-order valence-corrected chi connectivity index (χ4v) is 3.63. The topological polar surface area (TPSA) is 38.0 Å². The zero-order valence-corrected chi connectivity index (χ0v) is 12.4. The van der Waals surface area contributed by atoms with Gasteiger partial charge in [0.1, 0.15) is 0 Å². The number of nitrogens with two attached hydrogens (primary N) is 1. The van der Waals surface area contributed by atoms with Gasteiger partial charge >= 0.3 is 0 Å². The Balaban J connectivity index is 2.02. The largest absolute Gasteiger partial charge is 0.271 e. The molecule has 1 atom stereocenters. The predicted octanol–water partition coefficient (Wildman–Crippen LogP) is 4.11. The van der Waals surface area contributed by atoms with Crippen LogP contribution in [0.5, 0.6) is 0 Å². The zero-order valence-electron chi connectivity index (χ0n) is 12.4. The van der Waals surface area contributed by atoms with Gasteiger partial charge in [-0.25, -0.2) is 0 Å². The van der Waals surface area contributed by atoms with Crippen LogP contribution in [-0.4, -0.2) is 0 Å². The quantitative estimate of drug-likeness (QED) is 0.617. The molecule has 3 N–H and O–H groups in total. The summed E-state index contributed by atoms with van der Waals surface area (Å²) in [7, 11) is 0. The molecule has 0 bridgehead atoms. The normalized spacial score (nSPS) is 25.2. The van der Waals surface area contributed by atoms with Gasteiger partial charge in [0.05, 0.1) is 0 Å². The van der Waals surface area contributed by atoms with E-state index in [2.05, 4.69) is 43.5 Å². The standard InChI is InChI=1S/C17H28N2/c1-3-6-14-9-11-15(12-10-14)17(19-18)16-8-5-4-7-13(16)2/h4-5,7-8,14-15,17,19H,3,6,9-12,18H2,1-2H3. The highest BCUT2D eigenvalue weighted by atomic mass is 15.2. The Hall–Kier alpha value is -0.860. The third kappa shape index (κ3) is 3.58. The van der Waals surface area contributed by atoms with Gasteiger partial charge in [-0.15, -0.1) is 0 Å². The van der Waals surface area contributed by atoms with Gasteiger partial charge in [-0.05, 0) is 42.7 Å². The molecule has 1 aliphatic carbocycles. The Morgan fingerprint density at radius 2 is 1.89 bits per heavy atom. The van der Waals surface area contributed by atoms with Crippen molar-refractivity contribution >= 4 is 0 Å². The lowest BCUT2D eigenvalue weighted by Gasteiger charge is -2.34. The van der Waals surface area contributed by atoms with Gasteiger partial charge in [-0.3, -0.25) is 11.3 Å². The van der Waals surface area contributed by atoms with E-state index in [1.54, 1.807) is 0 Å². The number of nitrogens with one attached hydrogen (secondary N) is 1. The van der Waals surface area contributed by atoms with E-state index in [1.165, 1.54) is 49.7 Å². The van der Waals surface area contributed by atoms with E-state index in [1.807, 2.05) is 0 Å². The van der Waals surface area contributed by atoms with Crippen molar-refractivity contribution < 1.29 is 0 Å². The Morgan fingerprint density at radius 3 is 2.47 bits per heavy atom. The highest BCUT2D eigenvalue weighted by molar-refractivity contribution is 5.29. The summed E-state index contributed by atoms with van der Waals surface area (Å²) in [5.74, 6) is 7.50. The average molecular weight is 260 g/mol. The van der Waals surface area contributed by atoms with Crippen LogP contribution in [0.25, 0.3) is 0 Å². The molecule has 1 unspecified atom stereocenters. The van der Waals surface area contributed by atoms with Crippen molar-refractivity contribution in [3.05, 3.63) is 35.4 Å². The molecule has 2 rings (SSSR count). The van der Waals surface area contributed by atoms with Gasteiger partial charge in [0.15, 0.2) is 0 Å². The van der Waals surface area contributed by atoms with Crippen LogP contribution < -0.4 is 11.3 Å². The van der Waals surface area contributed by atoms with Crippen molar-refractivity contribution in [3.63, 3.8) is 0 Å². The number of rotatable bonds is 5. The summed E-state index contributed by atoms with van der Waals surface area (Å²) in [6.07, 6.45) is 8.11. The molecule has 2 heteroatoms. The Labute approximate surface area is 117 Å². The van der Waals surface area contributed by atoms with Gasteiger partial charge in [0.2, 0.25) is 0 Å². The molecule has 1 aromatic carbocycles. The third-order valence-electron chi connectivity index (χ3n) is 4.76. The molecule has 0 heterocycles. The Morgan fingerprint density at radius 1 is 1.21 bits per heavy atom. The average Bonchev–Trinajstić information content (AvgIpc) is 2.44. The van der Waals surface area contributed by atoms with E-state index in [0.717, 1.165) is 5.92 Å². The van der Waals surface area contributed by atoms with Crippen molar-refractivity contribution in [1.82, 2.24) is 5.43 Å². The van der Waals surface area contributed by atoms with Crippen LogP contribution in [0, 0.1) is 18.8 Å². The van der Waals surface area contributed by atoms with Crippen LogP contribution in [0.3, 0.4) is 0 Å². The van der Waals surface area contributed by atoms with Gasteiger partial charge in [-0.1, -0.05) is 56.9 Å². The lowest BCUT2D eigenvalue weighted by Crippen LogP contribution is -2.35. The minimum absolute atomic E-state index is 0.323. The van der Waals surface area contributed by atoms with Crippen molar-refractivity contribution in [3.8, 4) is 0 Å². The molecular weight excluding hydrogens is 232 g/mol. The molecule has 1 fully saturated rings. The molecular formula is C17H28N2. The first-order valence-corrected chi connectivity index (χ1v) is 7.78. The van der Waals surface area contributed by atoms with Crippen LogP contribution in [0.15, 0.2) is 24.3 Å². The molecule has 0 aromatic heterocycles. The maximum Gasteiger partial charge on any atom is 0.0490 e. The van der Waals surface area contributed by atoms with E-state index < -0.39 is 0 Å². The van der Waals surface area contributed by atoms with Crippen molar-refractivity contribution in [2.24, 2.45) is 17.7 Å². The highest BCUT2D eigenvalue weighted by Gasteiger charge is 2.28. The smallest absolute Gasteiger partial charge is 0.0490 e. The highest BCUT2D eigenvalue weighted by Crippen LogP contribution is 2.38. The fraction of sp³-hybridized carbons (Fsp3) is 0.647. The van der Waals surface area contributed by atoms with Crippen LogP contribution in [0.4, 0.5) is 0 Å². The number of hydrogen-bond acceptors (Lipinski definition) is 2. The maximum atomic E-state index is 5.85. The van der Waals surface area contributed by atoms with Crippen LogP contribution in [-0.2, 0) is 0 Å². The summed E-state index contributed by atoms with van der Waals surface area (Å²) in [6, 6.07) is 8.95. The number of benzene rings is 1. The first kappa shape index (κ1) is 14.5. The predicted molar refractivity (Wildman–Crippen MR) is 81.6 cm³/mol.